The first-order chi connectivity index (χ1) is 18.6. The number of alkyl halides is 8. The molecule has 1 N–H and O–H groups in total. The largest absolute Gasteiger partial charge is 0.573 e. The number of nitrogens with zero attached hydrogens (tertiary/aromatic N) is 1. The summed E-state index contributed by atoms with van der Waals surface area (Å²) in [5.74, 6) is -0.916. The summed E-state index contributed by atoms with van der Waals surface area (Å²) in [6.45, 7) is 1.91. The first-order valence-electron chi connectivity index (χ1n) is 11.9. The van der Waals surface area contributed by atoms with Gasteiger partial charge < -0.3 is 24.2 Å². The van der Waals surface area contributed by atoms with Crippen LogP contribution < -0.4 is 19.1 Å². The number of anilines is 1. The summed E-state index contributed by atoms with van der Waals surface area (Å²) in [4.78, 5) is 1.65. The van der Waals surface area contributed by atoms with Crippen molar-refractivity contribution in [2.24, 2.45) is 0 Å². The number of aliphatic hydroxyl groups excluding tert-OH is 1. The summed E-state index contributed by atoms with van der Waals surface area (Å²) < 4.78 is 116. The average Bonchev–Trinajstić information content (AvgIpc) is 2.82. The number of rotatable bonds is 12. The molecule has 0 aromatic heterocycles. The van der Waals surface area contributed by atoms with Gasteiger partial charge in [0.1, 0.15) is 23.0 Å². The van der Waals surface area contributed by atoms with Crippen molar-refractivity contribution in [3.05, 3.63) is 78.4 Å². The highest BCUT2D eigenvalue weighted by molar-refractivity contribution is 5.52. The molecule has 0 heterocycles. The molecule has 3 aromatic carbocycles. The molecule has 0 spiro atoms. The lowest BCUT2D eigenvalue weighted by Crippen LogP contribution is -2.41. The van der Waals surface area contributed by atoms with Gasteiger partial charge in [-0.1, -0.05) is 37.6 Å². The fourth-order valence-electron chi connectivity index (χ4n) is 3.69. The predicted octanol–water partition coefficient (Wildman–Crippen LogP) is 8.08. The number of hydrogen-bond donors (Lipinski definition) is 1. The number of hydrogen-bond acceptors (Lipinski definition) is 5. The molecular formula is C27H25F8NO4. The van der Waals surface area contributed by atoms with E-state index in [1.54, 1.807) is 17.0 Å². The van der Waals surface area contributed by atoms with Crippen LogP contribution in [0.1, 0.15) is 25.3 Å². The van der Waals surface area contributed by atoms with Crippen molar-refractivity contribution in [3.8, 4) is 23.0 Å². The van der Waals surface area contributed by atoms with Crippen LogP contribution in [0.4, 0.5) is 40.8 Å². The minimum atomic E-state index is -5.90. The smallest absolute Gasteiger partial charge is 0.457 e. The van der Waals surface area contributed by atoms with Crippen LogP contribution >= 0.6 is 0 Å². The van der Waals surface area contributed by atoms with Gasteiger partial charge in [-0.2, -0.15) is 22.0 Å². The molecule has 0 saturated heterocycles. The Bertz CT molecular complexity index is 1250. The molecule has 0 aliphatic rings. The van der Waals surface area contributed by atoms with Gasteiger partial charge in [-0.05, 0) is 48.4 Å². The molecule has 0 bridgehead atoms. The summed E-state index contributed by atoms with van der Waals surface area (Å²) in [6.07, 6.45) is -15.9. The maximum atomic E-state index is 13.4. The number of benzene rings is 3. The Balaban J connectivity index is 1.84. The van der Waals surface area contributed by atoms with Crippen molar-refractivity contribution in [1.82, 2.24) is 0 Å². The molecule has 3 aromatic rings. The van der Waals surface area contributed by atoms with Crippen LogP contribution in [0, 0.1) is 0 Å². The summed E-state index contributed by atoms with van der Waals surface area (Å²) in [7, 11) is 0. The quantitative estimate of drug-likeness (QED) is 0.220. The minimum absolute atomic E-state index is 0.0199. The Morgan fingerprint density at radius 3 is 1.95 bits per heavy atom. The van der Waals surface area contributed by atoms with E-state index in [1.165, 1.54) is 36.4 Å². The Labute approximate surface area is 224 Å². The van der Waals surface area contributed by atoms with Crippen LogP contribution in [-0.2, 0) is 6.54 Å². The molecule has 1 unspecified atom stereocenters. The van der Waals surface area contributed by atoms with Gasteiger partial charge in [-0.25, -0.2) is 0 Å². The van der Waals surface area contributed by atoms with Crippen LogP contribution in [0.3, 0.4) is 0 Å². The van der Waals surface area contributed by atoms with Crippen molar-refractivity contribution in [2.45, 2.75) is 51.1 Å². The minimum Gasteiger partial charge on any atom is -0.457 e. The van der Waals surface area contributed by atoms with E-state index in [0.717, 1.165) is 24.3 Å². The molecule has 0 saturated carbocycles. The van der Waals surface area contributed by atoms with Crippen LogP contribution in [0.15, 0.2) is 72.8 Å². The lowest BCUT2D eigenvalue weighted by Gasteiger charge is -2.28. The summed E-state index contributed by atoms with van der Waals surface area (Å²) >= 11 is 0. The molecule has 0 fully saturated rings. The normalized spacial score (nSPS) is 13.1. The van der Waals surface area contributed by atoms with Crippen LogP contribution in [0.25, 0.3) is 0 Å². The maximum Gasteiger partial charge on any atom is 0.573 e. The van der Waals surface area contributed by atoms with E-state index in [9.17, 15) is 40.2 Å². The first kappa shape index (κ1) is 30.8. The van der Waals surface area contributed by atoms with Gasteiger partial charge in [-0.15, -0.1) is 13.2 Å². The highest BCUT2D eigenvalue weighted by Gasteiger charge is 2.61. The van der Waals surface area contributed by atoms with E-state index in [-0.39, 0.29) is 24.6 Å². The molecule has 218 valence electrons. The molecule has 0 amide bonds. The highest BCUT2D eigenvalue weighted by atomic mass is 19.4. The van der Waals surface area contributed by atoms with Gasteiger partial charge in [0.15, 0.2) is 0 Å². The third-order valence-electron chi connectivity index (χ3n) is 5.36. The SMILES string of the molecule is CCCC(O)CN(Cc1cccc(OC(F)(F)C(F)(F)F)c1)c1cccc(Oc2cccc(OC(F)(F)F)c2)c1. The zero-order valence-corrected chi connectivity index (χ0v) is 21.0. The molecule has 1 atom stereocenters. The number of aliphatic hydroxyl groups is 1. The molecule has 0 aliphatic heterocycles. The van der Waals surface area contributed by atoms with E-state index in [0.29, 0.717) is 24.1 Å². The summed E-state index contributed by atoms with van der Waals surface area (Å²) in [6, 6.07) is 15.9. The molecule has 13 heteroatoms. The summed E-state index contributed by atoms with van der Waals surface area (Å²) in [5.41, 5.74) is 0.782. The second-order valence-corrected chi connectivity index (χ2v) is 8.71. The van der Waals surface area contributed by atoms with Crippen molar-refractivity contribution >= 4 is 5.69 Å². The van der Waals surface area contributed by atoms with E-state index in [4.69, 9.17) is 4.74 Å². The monoisotopic (exact) mass is 579 g/mol. The molecule has 0 aliphatic carbocycles. The van der Waals surface area contributed by atoms with Gasteiger partial charge in [0, 0.05) is 30.9 Å². The molecule has 5 nitrogen and oxygen atoms in total. The van der Waals surface area contributed by atoms with E-state index < -0.39 is 36.3 Å². The number of ether oxygens (including phenoxy) is 3. The van der Waals surface area contributed by atoms with Crippen molar-refractivity contribution in [2.75, 3.05) is 11.4 Å². The predicted molar refractivity (Wildman–Crippen MR) is 130 cm³/mol. The second kappa shape index (κ2) is 12.6. The highest BCUT2D eigenvalue weighted by Crippen LogP contribution is 2.38. The van der Waals surface area contributed by atoms with Gasteiger partial charge in [0.25, 0.3) is 0 Å². The van der Waals surface area contributed by atoms with Crippen molar-refractivity contribution in [1.29, 1.82) is 0 Å². The third kappa shape index (κ3) is 9.18. The topological polar surface area (TPSA) is 51.2 Å². The Hall–Kier alpha value is -3.74. The van der Waals surface area contributed by atoms with Crippen molar-refractivity contribution < 1.29 is 54.4 Å². The number of halogens is 8. The Morgan fingerprint density at radius 1 is 0.750 bits per heavy atom. The van der Waals surface area contributed by atoms with E-state index in [2.05, 4.69) is 9.47 Å². The Kier molecular flexibility index (Phi) is 9.72. The lowest BCUT2D eigenvalue weighted by molar-refractivity contribution is -0.360. The van der Waals surface area contributed by atoms with Crippen LogP contribution in [-0.4, -0.2) is 36.4 Å². The zero-order chi connectivity index (χ0) is 29.6. The maximum absolute atomic E-state index is 13.4. The standard InChI is InChI=1S/C27H25F8NO4/c1-2-6-20(37)17-36(16-18-7-3-11-23(13-18)39-26(31,32)25(28,29)30)19-8-4-9-21(14-19)38-22-10-5-12-24(15-22)40-27(33,34)35/h3-5,7-15,20,37H,2,6,16-17H2,1H3. The molecule has 3 rings (SSSR count). The van der Waals surface area contributed by atoms with Gasteiger partial charge in [0.05, 0.1) is 6.10 Å². The third-order valence-corrected chi connectivity index (χ3v) is 5.36. The molecule has 0 radical (unpaired) electrons. The zero-order valence-electron chi connectivity index (χ0n) is 21.0. The van der Waals surface area contributed by atoms with Gasteiger partial charge in [-0.3, -0.25) is 0 Å². The van der Waals surface area contributed by atoms with Crippen LogP contribution in [0.2, 0.25) is 0 Å². The lowest BCUT2D eigenvalue weighted by atomic mass is 10.1. The van der Waals surface area contributed by atoms with E-state index >= 15 is 0 Å². The average molecular weight is 579 g/mol. The van der Waals surface area contributed by atoms with Crippen LogP contribution in [0.5, 0.6) is 23.0 Å². The fraction of sp³-hybridized carbons (Fsp3) is 0.333. The molecule has 40 heavy (non-hydrogen) atoms. The Morgan fingerprint density at radius 2 is 1.32 bits per heavy atom. The molecular weight excluding hydrogens is 554 g/mol. The van der Waals surface area contributed by atoms with Gasteiger partial charge >= 0.3 is 18.6 Å². The fourth-order valence-corrected chi connectivity index (χ4v) is 3.69. The van der Waals surface area contributed by atoms with Gasteiger partial charge in [0.2, 0.25) is 0 Å². The van der Waals surface area contributed by atoms with Crippen molar-refractivity contribution in [3.63, 3.8) is 0 Å². The summed E-state index contributed by atoms with van der Waals surface area (Å²) in [5, 5.41) is 10.5. The van der Waals surface area contributed by atoms with E-state index in [1.807, 2.05) is 6.92 Å². The first-order valence-corrected chi connectivity index (χ1v) is 11.9. The second-order valence-electron chi connectivity index (χ2n) is 8.71.